The van der Waals surface area contributed by atoms with Crippen molar-refractivity contribution < 1.29 is 14.3 Å². The molecule has 5 heteroatoms. The first kappa shape index (κ1) is 17.3. The van der Waals surface area contributed by atoms with Crippen molar-refractivity contribution in [2.75, 3.05) is 14.2 Å². The van der Waals surface area contributed by atoms with Crippen LogP contribution in [0.5, 0.6) is 11.5 Å². The lowest BCUT2D eigenvalue weighted by molar-refractivity contribution is 0.0946. The molecule has 0 radical (unpaired) electrons. The molecule has 27 heavy (non-hydrogen) atoms. The van der Waals surface area contributed by atoms with Gasteiger partial charge in [-0.25, -0.2) is 0 Å². The number of methoxy groups -OCH3 is 2. The maximum atomic E-state index is 13.2. The van der Waals surface area contributed by atoms with Crippen molar-refractivity contribution >= 4 is 5.91 Å². The van der Waals surface area contributed by atoms with Gasteiger partial charge in [0.25, 0.3) is 5.91 Å². The lowest BCUT2D eigenvalue weighted by Crippen LogP contribution is -2.15. The number of rotatable bonds is 4. The fourth-order valence-electron chi connectivity index (χ4n) is 3.60. The Morgan fingerprint density at radius 2 is 1.48 bits per heavy atom. The van der Waals surface area contributed by atoms with Crippen molar-refractivity contribution in [2.45, 2.75) is 25.7 Å². The van der Waals surface area contributed by atoms with Crippen LogP contribution in [0.4, 0.5) is 0 Å². The van der Waals surface area contributed by atoms with Gasteiger partial charge in [-0.3, -0.25) is 4.79 Å². The Bertz CT molecular complexity index is 956. The minimum Gasteiger partial charge on any atom is -0.497 e. The summed E-state index contributed by atoms with van der Waals surface area (Å²) in [5.41, 5.74) is 4.69. The van der Waals surface area contributed by atoms with Crippen molar-refractivity contribution in [2.24, 2.45) is 0 Å². The Kier molecular flexibility index (Phi) is 4.67. The molecule has 0 N–H and O–H groups in total. The highest BCUT2D eigenvalue weighted by atomic mass is 16.5. The molecule has 4 rings (SSSR count). The number of carbonyl (C=O) groups is 1. The lowest BCUT2D eigenvalue weighted by Gasteiger charge is -2.12. The molecule has 1 heterocycles. The average Bonchev–Trinajstić information content (AvgIpc) is 3.13. The summed E-state index contributed by atoms with van der Waals surface area (Å²) in [5, 5.41) is 4.69. The molecule has 1 aromatic heterocycles. The Morgan fingerprint density at radius 3 is 2.11 bits per heavy atom. The van der Waals surface area contributed by atoms with E-state index < -0.39 is 0 Å². The second kappa shape index (κ2) is 7.27. The third-order valence-electron chi connectivity index (χ3n) is 5.05. The van der Waals surface area contributed by atoms with E-state index in [-0.39, 0.29) is 5.91 Å². The van der Waals surface area contributed by atoms with Crippen LogP contribution in [0.25, 0.3) is 11.3 Å². The monoisotopic (exact) mass is 362 g/mol. The first-order valence-electron chi connectivity index (χ1n) is 9.15. The minimum atomic E-state index is -0.127. The molecule has 138 valence electrons. The second-order valence-corrected chi connectivity index (χ2v) is 6.65. The van der Waals surface area contributed by atoms with E-state index in [1.807, 2.05) is 24.3 Å². The fourth-order valence-corrected chi connectivity index (χ4v) is 3.60. The summed E-state index contributed by atoms with van der Waals surface area (Å²) in [7, 11) is 3.26. The zero-order valence-electron chi connectivity index (χ0n) is 15.6. The standard InChI is InChI=1S/C22H22N2O3/c1-26-17-11-7-15(8-12-17)21-19-5-3-4-6-20(19)23-24(21)22(25)16-9-13-18(27-2)14-10-16/h7-14H,3-6H2,1-2H3. The van der Waals surface area contributed by atoms with Crippen molar-refractivity contribution in [3.05, 3.63) is 65.4 Å². The van der Waals surface area contributed by atoms with Gasteiger partial charge in [-0.15, -0.1) is 0 Å². The van der Waals surface area contributed by atoms with Crippen LogP contribution in [0.3, 0.4) is 0 Å². The molecule has 3 aromatic rings. The summed E-state index contributed by atoms with van der Waals surface area (Å²) >= 11 is 0. The number of nitrogens with zero attached hydrogens (tertiary/aromatic N) is 2. The number of hydrogen-bond acceptors (Lipinski definition) is 4. The zero-order chi connectivity index (χ0) is 18.8. The first-order valence-corrected chi connectivity index (χ1v) is 9.15. The largest absolute Gasteiger partial charge is 0.497 e. The molecule has 1 aliphatic carbocycles. The number of fused-ring (bicyclic) bond motifs is 1. The molecule has 2 aromatic carbocycles. The minimum absolute atomic E-state index is 0.127. The first-order chi connectivity index (χ1) is 13.2. The van der Waals surface area contributed by atoms with Gasteiger partial charge in [0.05, 0.1) is 25.6 Å². The summed E-state index contributed by atoms with van der Waals surface area (Å²) in [6.45, 7) is 0. The Balaban J connectivity index is 1.81. The van der Waals surface area contributed by atoms with Crippen LogP contribution < -0.4 is 9.47 Å². The van der Waals surface area contributed by atoms with E-state index in [4.69, 9.17) is 14.6 Å². The Labute approximate surface area is 158 Å². The van der Waals surface area contributed by atoms with Gasteiger partial charge in [-0.1, -0.05) is 0 Å². The third kappa shape index (κ3) is 3.21. The number of benzene rings is 2. The van der Waals surface area contributed by atoms with Gasteiger partial charge in [-0.2, -0.15) is 9.78 Å². The van der Waals surface area contributed by atoms with Crippen molar-refractivity contribution in [3.63, 3.8) is 0 Å². The lowest BCUT2D eigenvalue weighted by atomic mass is 9.93. The number of aryl methyl sites for hydroxylation is 1. The molecular formula is C22H22N2O3. The quantitative estimate of drug-likeness (QED) is 0.700. The number of aromatic nitrogens is 2. The molecule has 0 saturated heterocycles. The van der Waals surface area contributed by atoms with Gasteiger partial charge < -0.3 is 9.47 Å². The average molecular weight is 362 g/mol. The predicted molar refractivity (Wildman–Crippen MR) is 104 cm³/mol. The van der Waals surface area contributed by atoms with Gasteiger partial charge in [0.2, 0.25) is 0 Å². The molecule has 0 saturated carbocycles. The van der Waals surface area contributed by atoms with Gasteiger partial charge in [0.15, 0.2) is 0 Å². The highest BCUT2D eigenvalue weighted by Gasteiger charge is 2.25. The SMILES string of the molecule is COc1ccc(C(=O)n2nc3c(c2-c2ccc(OC)cc2)CCCC3)cc1. The summed E-state index contributed by atoms with van der Waals surface area (Å²) < 4.78 is 12.0. The smallest absolute Gasteiger partial charge is 0.278 e. The molecule has 0 atom stereocenters. The summed E-state index contributed by atoms with van der Waals surface area (Å²) in [5.74, 6) is 1.39. The normalized spacial score (nSPS) is 13.1. The van der Waals surface area contributed by atoms with Crippen LogP contribution in [0.15, 0.2) is 48.5 Å². The van der Waals surface area contributed by atoms with E-state index in [1.54, 1.807) is 43.2 Å². The maximum absolute atomic E-state index is 13.2. The fraction of sp³-hybridized carbons (Fsp3) is 0.273. The Morgan fingerprint density at radius 1 is 0.889 bits per heavy atom. The molecule has 5 nitrogen and oxygen atoms in total. The highest BCUT2D eigenvalue weighted by Crippen LogP contribution is 2.33. The Hall–Kier alpha value is -3.08. The maximum Gasteiger partial charge on any atom is 0.278 e. The van der Waals surface area contributed by atoms with E-state index in [0.29, 0.717) is 5.56 Å². The summed E-state index contributed by atoms with van der Waals surface area (Å²) in [4.78, 5) is 13.2. The van der Waals surface area contributed by atoms with Crippen LogP contribution in [0.1, 0.15) is 34.5 Å². The molecule has 0 bridgehead atoms. The van der Waals surface area contributed by atoms with Gasteiger partial charge in [-0.05, 0) is 74.2 Å². The van der Waals surface area contributed by atoms with E-state index in [2.05, 4.69) is 0 Å². The highest BCUT2D eigenvalue weighted by molar-refractivity contribution is 5.98. The van der Waals surface area contributed by atoms with Crippen molar-refractivity contribution in [1.29, 1.82) is 0 Å². The number of ether oxygens (including phenoxy) is 2. The van der Waals surface area contributed by atoms with Crippen LogP contribution in [0, 0.1) is 0 Å². The van der Waals surface area contributed by atoms with Crippen LogP contribution in [0.2, 0.25) is 0 Å². The van der Waals surface area contributed by atoms with Crippen molar-refractivity contribution in [1.82, 2.24) is 9.78 Å². The number of carbonyl (C=O) groups excluding carboxylic acids is 1. The van der Waals surface area contributed by atoms with Gasteiger partial charge >= 0.3 is 0 Å². The zero-order valence-corrected chi connectivity index (χ0v) is 15.6. The van der Waals surface area contributed by atoms with Crippen LogP contribution in [-0.2, 0) is 12.8 Å². The van der Waals surface area contributed by atoms with Crippen LogP contribution >= 0.6 is 0 Å². The molecular weight excluding hydrogens is 340 g/mol. The molecule has 0 spiro atoms. The molecule has 0 aliphatic heterocycles. The molecule has 0 fully saturated rings. The van der Waals surface area contributed by atoms with E-state index in [1.165, 1.54) is 5.56 Å². The molecule has 1 aliphatic rings. The van der Waals surface area contributed by atoms with Crippen LogP contribution in [-0.4, -0.2) is 29.9 Å². The summed E-state index contributed by atoms with van der Waals surface area (Å²) in [6, 6.07) is 15.0. The second-order valence-electron chi connectivity index (χ2n) is 6.65. The van der Waals surface area contributed by atoms with Gasteiger partial charge in [0, 0.05) is 16.7 Å². The third-order valence-corrected chi connectivity index (χ3v) is 5.05. The predicted octanol–water partition coefficient (Wildman–Crippen LogP) is 4.13. The number of hydrogen-bond donors (Lipinski definition) is 0. The molecule has 0 amide bonds. The van der Waals surface area contributed by atoms with E-state index in [9.17, 15) is 4.79 Å². The summed E-state index contributed by atoms with van der Waals surface area (Å²) in [6.07, 6.45) is 4.11. The van der Waals surface area contributed by atoms with Crippen molar-refractivity contribution in [3.8, 4) is 22.8 Å². The molecule has 0 unspecified atom stereocenters. The van der Waals surface area contributed by atoms with E-state index >= 15 is 0 Å². The van der Waals surface area contributed by atoms with Gasteiger partial charge in [0.1, 0.15) is 11.5 Å². The van der Waals surface area contributed by atoms with E-state index in [0.717, 1.165) is 54.1 Å². The topological polar surface area (TPSA) is 53.4 Å².